The van der Waals surface area contributed by atoms with Crippen LogP contribution in [-0.2, 0) is 11.3 Å². The average molecular weight is 235 g/mol. The topological polar surface area (TPSA) is 64.0 Å². The summed E-state index contributed by atoms with van der Waals surface area (Å²) in [7, 11) is 0. The number of hydrogen-bond acceptors (Lipinski definition) is 3. The summed E-state index contributed by atoms with van der Waals surface area (Å²) in [6.45, 7) is 2.63. The Hall–Kier alpha value is -1.65. The lowest BCUT2D eigenvalue weighted by atomic mass is 10.3. The van der Waals surface area contributed by atoms with Gasteiger partial charge in [0.05, 0.1) is 5.69 Å². The van der Waals surface area contributed by atoms with Crippen LogP contribution in [0.2, 0.25) is 0 Å². The van der Waals surface area contributed by atoms with E-state index >= 15 is 0 Å². The quantitative estimate of drug-likeness (QED) is 0.815. The highest BCUT2D eigenvalue weighted by molar-refractivity contribution is 5.75. The van der Waals surface area contributed by atoms with Crippen LogP contribution in [0.15, 0.2) is 16.9 Å². The van der Waals surface area contributed by atoms with Crippen LogP contribution in [0.1, 0.15) is 37.8 Å². The van der Waals surface area contributed by atoms with E-state index in [-0.39, 0.29) is 18.0 Å². The molecule has 5 nitrogen and oxygen atoms in total. The summed E-state index contributed by atoms with van der Waals surface area (Å²) < 4.78 is 1.25. The highest BCUT2D eigenvalue weighted by atomic mass is 16.2. The minimum atomic E-state index is -0.221. The molecule has 1 aromatic heterocycles. The Morgan fingerprint density at radius 3 is 2.94 bits per heavy atom. The molecule has 0 spiro atoms. The number of carbonyl (C=O) groups excluding carboxylic acids is 1. The summed E-state index contributed by atoms with van der Waals surface area (Å²) in [5.74, 6) is 0.329. The van der Waals surface area contributed by atoms with Crippen molar-refractivity contribution in [3.63, 3.8) is 0 Å². The van der Waals surface area contributed by atoms with Gasteiger partial charge in [0.1, 0.15) is 6.54 Å². The molecule has 0 radical (unpaired) electrons. The standard InChI is InChI=1S/C12H17N3O2/c1-2-7-13-11(16)8-15-12(17)6-5-10(14-15)9-3-4-9/h5-6,9H,2-4,7-8H2,1H3,(H,13,16). The van der Waals surface area contributed by atoms with Gasteiger partial charge in [0.15, 0.2) is 0 Å². The number of carbonyl (C=O) groups is 1. The summed E-state index contributed by atoms with van der Waals surface area (Å²) in [5, 5.41) is 6.96. The van der Waals surface area contributed by atoms with Crippen LogP contribution in [0.25, 0.3) is 0 Å². The van der Waals surface area contributed by atoms with Gasteiger partial charge in [-0.3, -0.25) is 9.59 Å². The van der Waals surface area contributed by atoms with Gasteiger partial charge in [-0.15, -0.1) is 0 Å². The van der Waals surface area contributed by atoms with Crippen molar-refractivity contribution in [1.29, 1.82) is 0 Å². The van der Waals surface area contributed by atoms with E-state index in [2.05, 4.69) is 10.4 Å². The van der Waals surface area contributed by atoms with Crippen molar-refractivity contribution >= 4 is 5.91 Å². The first kappa shape index (κ1) is 11.8. The fourth-order valence-corrected chi connectivity index (χ4v) is 1.63. The van der Waals surface area contributed by atoms with E-state index in [0.717, 1.165) is 25.0 Å². The molecule has 0 aromatic carbocycles. The Morgan fingerprint density at radius 1 is 1.53 bits per heavy atom. The van der Waals surface area contributed by atoms with Gasteiger partial charge in [0, 0.05) is 18.5 Å². The van der Waals surface area contributed by atoms with Crippen LogP contribution in [0.4, 0.5) is 0 Å². The predicted molar refractivity (Wildman–Crippen MR) is 63.8 cm³/mol. The lowest BCUT2D eigenvalue weighted by molar-refractivity contribution is -0.121. The van der Waals surface area contributed by atoms with Gasteiger partial charge < -0.3 is 5.32 Å². The molecule has 1 amide bonds. The molecular formula is C12H17N3O2. The first-order chi connectivity index (χ1) is 8.20. The van der Waals surface area contributed by atoms with Crippen LogP contribution in [0.5, 0.6) is 0 Å². The summed E-state index contributed by atoms with van der Waals surface area (Å²) >= 11 is 0. The summed E-state index contributed by atoms with van der Waals surface area (Å²) in [5.41, 5.74) is 0.703. The predicted octanol–water partition coefficient (Wildman–Crippen LogP) is 0.647. The van der Waals surface area contributed by atoms with Crippen molar-refractivity contribution in [2.75, 3.05) is 6.54 Å². The highest BCUT2D eigenvalue weighted by Gasteiger charge is 2.25. The minimum Gasteiger partial charge on any atom is -0.355 e. The van der Waals surface area contributed by atoms with Crippen molar-refractivity contribution in [3.8, 4) is 0 Å². The minimum absolute atomic E-state index is 0.0133. The first-order valence-electron chi connectivity index (χ1n) is 6.05. The normalized spacial score (nSPS) is 14.6. The zero-order valence-electron chi connectivity index (χ0n) is 9.98. The maximum atomic E-state index is 11.5. The molecule has 2 rings (SSSR count). The second-order valence-corrected chi connectivity index (χ2v) is 4.38. The monoisotopic (exact) mass is 235 g/mol. The van der Waals surface area contributed by atoms with Crippen LogP contribution in [-0.4, -0.2) is 22.2 Å². The van der Waals surface area contributed by atoms with E-state index in [0.29, 0.717) is 12.5 Å². The van der Waals surface area contributed by atoms with Gasteiger partial charge >= 0.3 is 0 Å². The maximum absolute atomic E-state index is 11.5. The first-order valence-corrected chi connectivity index (χ1v) is 6.05. The van der Waals surface area contributed by atoms with Crippen LogP contribution in [0, 0.1) is 0 Å². The van der Waals surface area contributed by atoms with Gasteiger partial charge in [-0.25, -0.2) is 4.68 Å². The van der Waals surface area contributed by atoms with Crippen LogP contribution >= 0.6 is 0 Å². The third-order valence-electron chi connectivity index (χ3n) is 2.75. The van der Waals surface area contributed by atoms with Crippen molar-refractivity contribution in [2.45, 2.75) is 38.6 Å². The van der Waals surface area contributed by atoms with Gasteiger partial charge in [-0.2, -0.15) is 5.10 Å². The molecule has 0 atom stereocenters. The van der Waals surface area contributed by atoms with E-state index in [1.54, 1.807) is 6.07 Å². The van der Waals surface area contributed by atoms with Gasteiger partial charge in [-0.1, -0.05) is 6.92 Å². The highest BCUT2D eigenvalue weighted by Crippen LogP contribution is 2.38. The van der Waals surface area contributed by atoms with Crippen LogP contribution < -0.4 is 10.9 Å². The molecule has 1 saturated carbocycles. The molecule has 17 heavy (non-hydrogen) atoms. The molecule has 1 aromatic rings. The molecule has 5 heteroatoms. The summed E-state index contributed by atoms with van der Waals surface area (Å²) in [4.78, 5) is 23.1. The van der Waals surface area contributed by atoms with Gasteiger partial charge in [-0.05, 0) is 25.3 Å². The fraction of sp³-hybridized carbons (Fsp3) is 0.583. The molecule has 0 unspecified atom stereocenters. The Balaban J connectivity index is 2.06. The Bertz CT molecular complexity index is 463. The van der Waals surface area contributed by atoms with E-state index in [9.17, 15) is 9.59 Å². The van der Waals surface area contributed by atoms with Crippen molar-refractivity contribution in [1.82, 2.24) is 15.1 Å². The van der Waals surface area contributed by atoms with Crippen molar-refractivity contribution < 1.29 is 4.79 Å². The largest absolute Gasteiger partial charge is 0.355 e. The number of nitrogens with one attached hydrogen (secondary N) is 1. The molecule has 0 aliphatic heterocycles. The second-order valence-electron chi connectivity index (χ2n) is 4.38. The van der Waals surface area contributed by atoms with E-state index in [4.69, 9.17) is 0 Å². The number of amides is 1. The lowest BCUT2D eigenvalue weighted by Crippen LogP contribution is -2.34. The maximum Gasteiger partial charge on any atom is 0.267 e. The van der Waals surface area contributed by atoms with Gasteiger partial charge in [0.25, 0.3) is 5.56 Å². The second kappa shape index (κ2) is 5.12. The molecule has 1 heterocycles. The Kier molecular flexibility index (Phi) is 3.56. The zero-order chi connectivity index (χ0) is 12.3. The number of rotatable bonds is 5. The smallest absolute Gasteiger partial charge is 0.267 e. The average Bonchev–Trinajstić information content (AvgIpc) is 3.13. The number of aromatic nitrogens is 2. The molecule has 0 bridgehead atoms. The third kappa shape index (κ3) is 3.15. The van der Waals surface area contributed by atoms with Crippen molar-refractivity contribution in [3.05, 3.63) is 28.2 Å². The van der Waals surface area contributed by atoms with E-state index in [1.165, 1.54) is 10.7 Å². The zero-order valence-corrected chi connectivity index (χ0v) is 9.98. The fourth-order valence-electron chi connectivity index (χ4n) is 1.63. The molecule has 92 valence electrons. The van der Waals surface area contributed by atoms with Crippen molar-refractivity contribution in [2.24, 2.45) is 0 Å². The van der Waals surface area contributed by atoms with Gasteiger partial charge in [0.2, 0.25) is 5.91 Å². The number of nitrogens with zero attached hydrogens (tertiary/aromatic N) is 2. The third-order valence-corrected chi connectivity index (χ3v) is 2.75. The number of hydrogen-bond donors (Lipinski definition) is 1. The van der Waals surface area contributed by atoms with E-state index < -0.39 is 0 Å². The molecule has 0 saturated heterocycles. The lowest BCUT2D eigenvalue weighted by Gasteiger charge is -2.06. The van der Waals surface area contributed by atoms with Crippen LogP contribution in [0.3, 0.4) is 0 Å². The molecule has 1 aliphatic rings. The molecule has 1 N–H and O–H groups in total. The Morgan fingerprint density at radius 2 is 2.29 bits per heavy atom. The molecule has 1 aliphatic carbocycles. The summed E-state index contributed by atoms with van der Waals surface area (Å²) in [6, 6.07) is 3.26. The SMILES string of the molecule is CCCNC(=O)Cn1nc(C2CC2)ccc1=O. The molecular weight excluding hydrogens is 218 g/mol. The Labute approximate surface area is 99.8 Å². The summed E-state index contributed by atoms with van der Waals surface area (Å²) in [6.07, 6.45) is 3.15. The molecule has 1 fully saturated rings. The van der Waals surface area contributed by atoms with E-state index in [1.807, 2.05) is 6.92 Å².